The van der Waals surface area contributed by atoms with Crippen molar-refractivity contribution >= 4 is 0 Å². The van der Waals surface area contributed by atoms with Gasteiger partial charge in [0.1, 0.15) is 0 Å². The molecule has 2 heterocycles. The number of piperidine rings is 1. The van der Waals surface area contributed by atoms with Crippen LogP contribution in [0.4, 0.5) is 0 Å². The second-order valence-corrected chi connectivity index (χ2v) is 6.59. The fraction of sp³-hybridized carbons (Fsp3) is 1.00. The predicted molar refractivity (Wildman–Crippen MR) is 79.6 cm³/mol. The van der Waals surface area contributed by atoms with Crippen molar-refractivity contribution in [2.45, 2.75) is 31.7 Å². The molecule has 0 saturated carbocycles. The summed E-state index contributed by atoms with van der Waals surface area (Å²) in [4.78, 5) is 5.07. The Hall–Kier alpha value is -0.160. The normalized spacial score (nSPS) is 25.9. The highest BCUT2D eigenvalue weighted by Gasteiger charge is 2.35. The van der Waals surface area contributed by atoms with Gasteiger partial charge in [-0.25, -0.2) is 0 Å². The van der Waals surface area contributed by atoms with E-state index in [1.54, 1.807) is 0 Å². The Bertz CT molecular complexity index is 253. The first-order valence-corrected chi connectivity index (χ1v) is 7.76. The maximum Gasteiger partial charge on any atom is 0.0472 e. The highest BCUT2D eigenvalue weighted by molar-refractivity contribution is 4.88. The van der Waals surface area contributed by atoms with E-state index in [2.05, 4.69) is 36.3 Å². The van der Waals surface area contributed by atoms with Crippen LogP contribution in [0.2, 0.25) is 0 Å². The van der Waals surface area contributed by atoms with Crippen molar-refractivity contribution < 1.29 is 4.74 Å². The van der Waals surface area contributed by atoms with Gasteiger partial charge in [0.15, 0.2) is 0 Å². The lowest BCUT2D eigenvalue weighted by Gasteiger charge is -2.43. The van der Waals surface area contributed by atoms with Gasteiger partial charge < -0.3 is 19.9 Å². The zero-order valence-corrected chi connectivity index (χ0v) is 13.0. The lowest BCUT2D eigenvalue weighted by atomic mass is 9.79. The first-order valence-electron chi connectivity index (χ1n) is 7.76. The Morgan fingerprint density at radius 2 is 1.89 bits per heavy atom. The van der Waals surface area contributed by atoms with E-state index >= 15 is 0 Å². The second kappa shape index (κ2) is 7.02. The molecule has 112 valence electrons. The summed E-state index contributed by atoms with van der Waals surface area (Å²) in [5.74, 6) is 0. The molecule has 2 aliphatic rings. The highest BCUT2D eigenvalue weighted by Crippen LogP contribution is 2.32. The van der Waals surface area contributed by atoms with Crippen molar-refractivity contribution in [3.8, 4) is 0 Å². The summed E-state index contributed by atoms with van der Waals surface area (Å²) >= 11 is 0. The minimum Gasteiger partial charge on any atom is -0.381 e. The molecule has 0 spiro atoms. The third-order valence-corrected chi connectivity index (χ3v) is 5.00. The average Bonchev–Trinajstić information content (AvgIpc) is 2.40. The second-order valence-electron chi connectivity index (χ2n) is 6.59. The van der Waals surface area contributed by atoms with E-state index in [0.717, 1.165) is 25.8 Å². The van der Waals surface area contributed by atoms with Crippen LogP contribution in [0.25, 0.3) is 0 Å². The van der Waals surface area contributed by atoms with Gasteiger partial charge in [-0.2, -0.15) is 0 Å². The number of likely N-dealkylation sites (tertiary alicyclic amines) is 1. The summed E-state index contributed by atoms with van der Waals surface area (Å²) in [6.45, 7) is 6.69. The molecular formula is C15H31N3O. The molecule has 0 aromatic carbocycles. The SMILES string of the molecule is CNCC1(CN(C)C2CCN(C)CC2)CCOCC1. The molecule has 2 fully saturated rings. The fourth-order valence-electron chi connectivity index (χ4n) is 3.66. The minimum absolute atomic E-state index is 0.422. The number of hydrogen-bond donors (Lipinski definition) is 1. The average molecular weight is 269 g/mol. The van der Waals surface area contributed by atoms with Crippen molar-refractivity contribution in [1.29, 1.82) is 0 Å². The summed E-state index contributed by atoms with van der Waals surface area (Å²) in [5.41, 5.74) is 0.422. The molecule has 0 amide bonds. The highest BCUT2D eigenvalue weighted by atomic mass is 16.5. The summed E-state index contributed by atoms with van der Waals surface area (Å²) in [7, 11) is 6.63. The van der Waals surface area contributed by atoms with E-state index in [9.17, 15) is 0 Å². The number of hydrogen-bond acceptors (Lipinski definition) is 4. The lowest BCUT2D eigenvalue weighted by molar-refractivity contribution is -0.0103. The largest absolute Gasteiger partial charge is 0.381 e. The third-order valence-electron chi connectivity index (χ3n) is 5.00. The first-order chi connectivity index (χ1) is 9.15. The van der Waals surface area contributed by atoms with E-state index in [4.69, 9.17) is 4.74 Å². The summed E-state index contributed by atoms with van der Waals surface area (Å²) in [5, 5.41) is 3.40. The van der Waals surface area contributed by atoms with Gasteiger partial charge in [-0.3, -0.25) is 0 Å². The first kappa shape index (κ1) is 15.2. The predicted octanol–water partition coefficient (Wildman–Crippen LogP) is 1.03. The zero-order valence-electron chi connectivity index (χ0n) is 13.0. The zero-order chi connectivity index (χ0) is 13.7. The standard InChI is InChI=1S/C15H31N3O/c1-16-12-15(6-10-19-11-7-15)13-18(3)14-4-8-17(2)9-5-14/h14,16H,4-13H2,1-3H3. The van der Waals surface area contributed by atoms with Crippen LogP contribution < -0.4 is 5.32 Å². The molecule has 2 rings (SSSR count). The fourth-order valence-corrected chi connectivity index (χ4v) is 3.66. The lowest BCUT2D eigenvalue weighted by Crippen LogP contribution is -2.50. The van der Waals surface area contributed by atoms with Crippen LogP contribution in [0.15, 0.2) is 0 Å². The van der Waals surface area contributed by atoms with Gasteiger partial charge in [-0.05, 0) is 65.3 Å². The van der Waals surface area contributed by atoms with E-state index in [1.807, 2.05) is 0 Å². The van der Waals surface area contributed by atoms with Crippen LogP contribution in [0.5, 0.6) is 0 Å². The number of rotatable bonds is 5. The molecule has 0 aliphatic carbocycles. The molecule has 2 aliphatic heterocycles. The molecule has 4 nitrogen and oxygen atoms in total. The van der Waals surface area contributed by atoms with E-state index in [0.29, 0.717) is 5.41 Å². The molecule has 19 heavy (non-hydrogen) atoms. The van der Waals surface area contributed by atoms with E-state index in [-0.39, 0.29) is 0 Å². The molecule has 0 unspecified atom stereocenters. The van der Waals surface area contributed by atoms with Crippen molar-refractivity contribution in [2.75, 3.05) is 60.5 Å². The van der Waals surface area contributed by atoms with Crippen LogP contribution >= 0.6 is 0 Å². The van der Waals surface area contributed by atoms with Crippen molar-refractivity contribution in [3.05, 3.63) is 0 Å². The molecule has 0 aromatic heterocycles. The molecule has 0 aromatic rings. The maximum atomic E-state index is 5.56. The van der Waals surface area contributed by atoms with Gasteiger partial charge >= 0.3 is 0 Å². The maximum absolute atomic E-state index is 5.56. The van der Waals surface area contributed by atoms with Crippen molar-refractivity contribution in [1.82, 2.24) is 15.1 Å². The van der Waals surface area contributed by atoms with Gasteiger partial charge in [-0.1, -0.05) is 0 Å². The van der Waals surface area contributed by atoms with E-state index in [1.165, 1.54) is 45.3 Å². The Kier molecular flexibility index (Phi) is 5.63. The molecule has 0 bridgehead atoms. The van der Waals surface area contributed by atoms with E-state index < -0.39 is 0 Å². The quantitative estimate of drug-likeness (QED) is 0.807. The number of ether oxygens (including phenoxy) is 1. The van der Waals surface area contributed by atoms with Crippen molar-refractivity contribution in [3.63, 3.8) is 0 Å². The molecule has 1 N–H and O–H groups in total. The monoisotopic (exact) mass is 269 g/mol. The Morgan fingerprint density at radius 1 is 1.26 bits per heavy atom. The molecule has 2 saturated heterocycles. The van der Waals surface area contributed by atoms with Crippen LogP contribution in [0.1, 0.15) is 25.7 Å². The smallest absolute Gasteiger partial charge is 0.0472 e. The molecule has 0 radical (unpaired) electrons. The summed E-state index contributed by atoms with van der Waals surface area (Å²) in [6, 6.07) is 0.771. The Morgan fingerprint density at radius 3 is 2.47 bits per heavy atom. The molecule has 0 atom stereocenters. The van der Waals surface area contributed by atoms with Gasteiger partial charge in [0.05, 0.1) is 0 Å². The van der Waals surface area contributed by atoms with Gasteiger partial charge in [-0.15, -0.1) is 0 Å². The van der Waals surface area contributed by atoms with Crippen molar-refractivity contribution in [2.24, 2.45) is 5.41 Å². The third kappa shape index (κ3) is 4.15. The molecule has 4 heteroatoms. The minimum atomic E-state index is 0.422. The van der Waals surface area contributed by atoms with Crippen LogP contribution in [-0.2, 0) is 4.74 Å². The van der Waals surface area contributed by atoms with Crippen LogP contribution in [0.3, 0.4) is 0 Å². The Labute approximate surface area is 118 Å². The topological polar surface area (TPSA) is 27.7 Å². The van der Waals surface area contributed by atoms with Gasteiger partial charge in [0.2, 0.25) is 0 Å². The Balaban J connectivity index is 1.89. The summed E-state index contributed by atoms with van der Waals surface area (Å²) < 4.78 is 5.56. The van der Waals surface area contributed by atoms with Gasteiger partial charge in [0.25, 0.3) is 0 Å². The summed E-state index contributed by atoms with van der Waals surface area (Å²) in [6.07, 6.45) is 5.04. The van der Waals surface area contributed by atoms with Crippen LogP contribution in [-0.4, -0.2) is 76.4 Å². The van der Waals surface area contributed by atoms with Crippen LogP contribution in [0, 0.1) is 5.41 Å². The van der Waals surface area contributed by atoms with Gasteiger partial charge in [0, 0.05) is 32.3 Å². The molecular weight excluding hydrogens is 238 g/mol. The number of nitrogens with one attached hydrogen (secondary N) is 1. The number of nitrogens with zero attached hydrogens (tertiary/aromatic N) is 2.